The second kappa shape index (κ2) is 14.5. The van der Waals surface area contributed by atoms with Crippen molar-refractivity contribution in [3.63, 3.8) is 0 Å². The fourth-order valence-corrected chi connectivity index (χ4v) is 6.14. The highest BCUT2D eigenvalue weighted by atomic mass is 16.5. The number of esters is 1. The van der Waals surface area contributed by atoms with Gasteiger partial charge in [-0.05, 0) is 84.6 Å². The van der Waals surface area contributed by atoms with Gasteiger partial charge in [-0.2, -0.15) is 4.99 Å². The molecule has 5 aromatic carbocycles. The van der Waals surface area contributed by atoms with E-state index in [0.717, 1.165) is 57.2 Å². The molecule has 1 aromatic heterocycles. The van der Waals surface area contributed by atoms with Crippen LogP contribution in [0.1, 0.15) is 41.3 Å². The Balaban J connectivity index is 1.25. The van der Waals surface area contributed by atoms with E-state index >= 15 is 0 Å². The molecule has 50 heavy (non-hydrogen) atoms. The minimum atomic E-state index is -0.466. The molecule has 0 spiro atoms. The maximum absolute atomic E-state index is 14.0. The van der Waals surface area contributed by atoms with Crippen molar-refractivity contribution in [2.75, 3.05) is 20.3 Å². The van der Waals surface area contributed by atoms with Gasteiger partial charge in [0.05, 0.1) is 36.0 Å². The van der Waals surface area contributed by atoms with Crippen molar-refractivity contribution in [1.29, 1.82) is 0 Å². The molecular formula is C42H37N3O5. The average molecular weight is 664 g/mol. The summed E-state index contributed by atoms with van der Waals surface area (Å²) in [5.41, 5.74) is 5.73. The highest BCUT2D eigenvalue weighted by molar-refractivity contribution is 6.13. The molecule has 0 unspecified atom stereocenters. The maximum Gasteiger partial charge on any atom is 0.340 e. The SMILES string of the molecule is CCCCOC(=O)c1ccccc1N=C1O/C(=C/c2ccc3c(c2)c2ccccc2n3-c2ccccc2)C(=O)N1CCc1ccc(OC)cc1. The molecule has 0 saturated carbocycles. The summed E-state index contributed by atoms with van der Waals surface area (Å²) in [7, 11) is 1.63. The number of carbonyl (C=O) groups excluding carboxylic acids is 2. The molecule has 1 saturated heterocycles. The number of hydrogen-bond donors (Lipinski definition) is 0. The summed E-state index contributed by atoms with van der Waals surface area (Å²) < 4.78 is 19.3. The Hall–Kier alpha value is -6.15. The summed E-state index contributed by atoms with van der Waals surface area (Å²) in [6, 6.07) is 39.5. The van der Waals surface area contributed by atoms with Crippen LogP contribution in [0.4, 0.5) is 5.69 Å². The molecule has 1 amide bonds. The standard InChI is InChI=1S/C42H37N3O5/c1-3-4-26-49-41(47)34-15-8-10-16-36(34)43-42-44(25-24-29-18-21-32(48-2)22-19-29)40(46)39(50-42)28-30-20-23-38-35(27-30)33-14-9-11-17-37(33)45(38)31-12-6-5-7-13-31/h5-23,27-28H,3-4,24-26H2,1-2H3/b39-28+,43-42?. The lowest BCUT2D eigenvalue weighted by molar-refractivity contribution is -0.122. The number of ether oxygens (including phenoxy) is 3. The van der Waals surface area contributed by atoms with Crippen LogP contribution >= 0.6 is 0 Å². The maximum atomic E-state index is 14.0. The zero-order chi connectivity index (χ0) is 34.5. The summed E-state index contributed by atoms with van der Waals surface area (Å²) in [5.74, 6) is 0.124. The van der Waals surface area contributed by atoms with Crippen LogP contribution in [0.5, 0.6) is 5.75 Å². The lowest BCUT2D eigenvalue weighted by atomic mass is 10.1. The van der Waals surface area contributed by atoms with Crippen molar-refractivity contribution >= 4 is 51.5 Å². The Morgan fingerprint density at radius 2 is 1.58 bits per heavy atom. The van der Waals surface area contributed by atoms with Gasteiger partial charge in [0.2, 0.25) is 0 Å². The summed E-state index contributed by atoms with van der Waals surface area (Å²) in [6.07, 6.45) is 3.99. The van der Waals surface area contributed by atoms with Gasteiger partial charge in [-0.3, -0.25) is 9.69 Å². The van der Waals surface area contributed by atoms with Gasteiger partial charge in [-0.15, -0.1) is 0 Å². The molecule has 0 N–H and O–H groups in total. The number of carbonyl (C=O) groups is 2. The number of methoxy groups -OCH3 is 1. The summed E-state index contributed by atoms with van der Waals surface area (Å²) in [5, 5.41) is 2.17. The Labute approximate surface area is 290 Å². The molecule has 0 aliphatic carbocycles. The fraction of sp³-hybridized carbons (Fsp3) is 0.167. The van der Waals surface area contributed by atoms with Gasteiger partial charge in [-0.1, -0.05) is 80.1 Å². The monoisotopic (exact) mass is 663 g/mol. The van der Waals surface area contributed by atoms with Crippen molar-refractivity contribution < 1.29 is 23.8 Å². The number of unbranched alkanes of at least 4 members (excludes halogenated alkanes) is 1. The third kappa shape index (κ3) is 6.60. The molecule has 1 aliphatic heterocycles. The fourth-order valence-electron chi connectivity index (χ4n) is 6.14. The van der Waals surface area contributed by atoms with Crippen LogP contribution in [-0.2, 0) is 20.7 Å². The van der Waals surface area contributed by atoms with E-state index < -0.39 is 5.97 Å². The predicted molar refractivity (Wildman–Crippen MR) is 197 cm³/mol. The number of nitrogens with zero attached hydrogens (tertiary/aromatic N) is 3. The molecule has 0 bridgehead atoms. The number of fused-ring (bicyclic) bond motifs is 3. The van der Waals surface area contributed by atoms with Crippen LogP contribution in [0.25, 0.3) is 33.6 Å². The summed E-state index contributed by atoms with van der Waals surface area (Å²) in [6.45, 7) is 2.67. The van der Waals surface area contributed by atoms with Gasteiger partial charge in [0, 0.05) is 23.0 Å². The summed E-state index contributed by atoms with van der Waals surface area (Å²) >= 11 is 0. The van der Waals surface area contributed by atoms with E-state index in [9.17, 15) is 9.59 Å². The van der Waals surface area contributed by atoms with Crippen molar-refractivity contribution in [3.05, 3.63) is 144 Å². The molecule has 1 aliphatic rings. The minimum Gasteiger partial charge on any atom is -0.497 e. The van der Waals surface area contributed by atoms with E-state index in [-0.39, 0.29) is 17.7 Å². The molecule has 0 radical (unpaired) electrons. The van der Waals surface area contributed by atoms with Crippen LogP contribution < -0.4 is 4.74 Å². The predicted octanol–water partition coefficient (Wildman–Crippen LogP) is 8.88. The molecule has 7 rings (SSSR count). The first-order valence-corrected chi connectivity index (χ1v) is 16.8. The number of hydrogen-bond acceptors (Lipinski definition) is 6. The van der Waals surface area contributed by atoms with Gasteiger partial charge in [-0.25, -0.2) is 4.79 Å². The van der Waals surface area contributed by atoms with E-state index in [2.05, 4.69) is 41.0 Å². The second-order valence-electron chi connectivity index (χ2n) is 12.0. The number of benzene rings is 5. The van der Waals surface area contributed by atoms with Gasteiger partial charge in [0.25, 0.3) is 5.91 Å². The highest BCUT2D eigenvalue weighted by Gasteiger charge is 2.35. The number of rotatable bonds is 11. The smallest absolute Gasteiger partial charge is 0.340 e. The molecular weight excluding hydrogens is 626 g/mol. The lowest BCUT2D eigenvalue weighted by Crippen LogP contribution is -2.32. The van der Waals surface area contributed by atoms with Crippen LogP contribution in [0.2, 0.25) is 0 Å². The normalized spacial score (nSPS) is 14.5. The van der Waals surface area contributed by atoms with Crippen LogP contribution in [-0.4, -0.2) is 47.6 Å². The largest absolute Gasteiger partial charge is 0.497 e. The van der Waals surface area contributed by atoms with Gasteiger partial charge in [0.15, 0.2) is 5.76 Å². The van der Waals surface area contributed by atoms with E-state index in [1.807, 2.05) is 67.6 Å². The number of amides is 1. The Morgan fingerprint density at radius 3 is 2.38 bits per heavy atom. The number of aliphatic imine (C=N–C) groups is 1. The zero-order valence-corrected chi connectivity index (χ0v) is 28.0. The van der Waals surface area contributed by atoms with Crippen LogP contribution in [0.3, 0.4) is 0 Å². The summed E-state index contributed by atoms with van der Waals surface area (Å²) in [4.78, 5) is 33.3. The number of amidine groups is 1. The molecule has 8 heteroatoms. The molecule has 2 heterocycles. The first kappa shape index (κ1) is 32.4. The van der Waals surface area contributed by atoms with E-state index in [4.69, 9.17) is 19.2 Å². The van der Waals surface area contributed by atoms with Crippen molar-refractivity contribution in [2.45, 2.75) is 26.2 Å². The van der Waals surface area contributed by atoms with Gasteiger partial charge >= 0.3 is 12.0 Å². The van der Waals surface area contributed by atoms with Crippen LogP contribution in [0.15, 0.2) is 132 Å². The first-order valence-electron chi connectivity index (χ1n) is 16.8. The third-order valence-electron chi connectivity index (χ3n) is 8.75. The van der Waals surface area contributed by atoms with Gasteiger partial charge in [0.1, 0.15) is 5.75 Å². The number of aromatic nitrogens is 1. The van der Waals surface area contributed by atoms with Crippen LogP contribution in [0, 0.1) is 0 Å². The molecule has 0 atom stereocenters. The van der Waals surface area contributed by atoms with Crippen molar-refractivity contribution in [3.8, 4) is 11.4 Å². The minimum absolute atomic E-state index is 0.102. The Morgan fingerprint density at radius 1 is 0.840 bits per heavy atom. The Bertz CT molecular complexity index is 2240. The second-order valence-corrected chi connectivity index (χ2v) is 12.0. The Kier molecular flexibility index (Phi) is 9.42. The lowest BCUT2D eigenvalue weighted by Gasteiger charge is -2.14. The van der Waals surface area contributed by atoms with E-state index in [1.165, 1.54) is 4.90 Å². The highest BCUT2D eigenvalue weighted by Crippen LogP contribution is 2.34. The van der Waals surface area contributed by atoms with E-state index in [1.54, 1.807) is 37.5 Å². The zero-order valence-electron chi connectivity index (χ0n) is 28.0. The first-order chi connectivity index (χ1) is 24.5. The topological polar surface area (TPSA) is 82.4 Å². The molecule has 6 aromatic rings. The van der Waals surface area contributed by atoms with Gasteiger partial charge < -0.3 is 18.8 Å². The van der Waals surface area contributed by atoms with E-state index in [0.29, 0.717) is 30.8 Å². The molecule has 250 valence electrons. The average Bonchev–Trinajstić information content (AvgIpc) is 3.64. The third-order valence-corrected chi connectivity index (χ3v) is 8.75. The number of para-hydroxylation sites is 3. The van der Waals surface area contributed by atoms with Crippen molar-refractivity contribution in [1.82, 2.24) is 9.47 Å². The molecule has 1 fully saturated rings. The van der Waals surface area contributed by atoms with Crippen molar-refractivity contribution in [2.24, 2.45) is 4.99 Å². The quantitative estimate of drug-likeness (QED) is 0.0786. The molecule has 8 nitrogen and oxygen atoms in total.